The summed E-state index contributed by atoms with van der Waals surface area (Å²) in [5.74, 6) is 0.657. The quantitative estimate of drug-likeness (QED) is 0.699. The maximum Gasteiger partial charge on any atom is 0.252 e. The average Bonchev–Trinajstić information content (AvgIpc) is 2.89. The van der Waals surface area contributed by atoms with Crippen molar-refractivity contribution in [3.05, 3.63) is 0 Å². The molecule has 0 heterocycles. The van der Waals surface area contributed by atoms with Crippen molar-refractivity contribution < 1.29 is 9.90 Å². The van der Waals surface area contributed by atoms with Crippen LogP contribution in [0.2, 0.25) is 0 Å². The number of carbonyl (C=O) groups excluding carboxylic acids is 1. The zero-order valence-corrected chi connectivity index (χ0v) is 8.75. The number of carbonyl (C=O) groups is 1. The molecule has 1 amide bonds. The van der Waals surface area contributed by atoms with Crippen LogP contribution in [0.1, 0.15) is 45.4 Å². The van der Waals surface area contributed by atoms with E-state index in [1.54, 1.807) is 0 Å². The molecule has 2 rings (SSSR count). The highest BCUT2D eigenvalue weighted by Crippen LogP contribution is 2.35. The summed E-state index contributed by atoms with van der Waals surface area (Å²) in [7, 11) is 0. The van der Waals surface area contributed by atoms with Gasteiger partial charge in [0.2, 0.25) is 0 Å². The SMILES string of the molecule is CC1CCC(NC(=O)C2(O)CC2)CC1. The van der Waals surface area contributed by atoms with Gasteiger partial charge in [0.25, 0.3) is 5.91 Å². The molecule has 0 aliphatic heterocycles. The summed E-state index contributed by atoms with van der Waals surface area (Å²) in [4.78, 5) is 11.5. The van der Waals surface area contributed by atoms with Crippen LogP contribution in [0.25, 0.3) is 0 Å². The van der Waals surface area contributed by atoms with Gasteiger partial charge in [-0.25, -0.2) is 0 Å². The van der Waals surface area contributed by atoms with Gasteiger partial charge in [0.05, 0.1) is 0 Å². The Kier molecular flexibility index (Phi) is 2.52. The lowest BCUT2D eigenvalue weighted by atomic mass is 9.87. The highest BCUT2D eigenvalue weighted by Gasteiger charge is 2.48. The van der Waals surface area contributed by atoms with Crippen molar-refractivity contribution in [2.75, 3.05) is 0 Å². The summed E-state index contributed by atoms with van der Waals surface area (Å²) in [5, 5.41) is 12.5. The molecule has 0 aromatic rings. The molecule has 0 aromatic carbocycles. The first-order chi connectivity index (χ1) is 6.60. The number of nitrogens with one attached hydrogen (secondary N) is 1. The molecule has 2 aliphatic rings. The van der Waals surface area contributed by atoms with Gasteiger partial charge in [0.15, 0.2) is 0 Å². The average molecular weight is 197 g/mol. The van der Waals surface area contributed by atoms with Crippen LogP contribution in [0.4, 0.5) is 0 Å². The second kappa shape index (κ2) is 3.54. The molecule has 2 aliphatic carbocycles. The monoisotopic (exact) mass is 197 g/mol. The lowest BCUT2D eigenvalue weighted by Gasteiger charge is -2.27. The lowest BCUT2D eigenvalue weighted by molar-refractivity contribution is -0.132. The van der Waals surface area contributed by atoms with Crippen LogP contribution in [0.3, 0.4) is 0 Å². The Morgan fingerprint density at radius 3 is 2.36 bits per heavy atom. The standard InChI is InChI=1S/C11H19NO2/c1-8-2-4-9(5-3-8)12-10(13)11(14)6-7-11/h8-9,14H,2-7H2,1H3,(H,12,13). The van der Waals surface area contributed by atoms with Crippen LogP contribution in [0.5, 0.6) is 0 Å². The smallest absolute Gasteiger partial charge is 0.252 e. The van der Waals surface area contributed by atoms with Crippen molar-refractivity contribution in [3.8, 4) is 0 Å². The normalized spacial score (nSPS) is 35.0. The molecule has 0 unspecified atom stereocenters. The third-order valence-corrected chi connectivity index (χ3v) is 3.50. The lowest BCUT2D eigenvalue weighted by Crippen LogP contribution is -2.44. The van der Waals surface area contributed by atoms with Crippen molar-refractivity contribution >= 4 is 5.91 Å². The number of hydrogen-bond acceptors (Lipinski definition) is 2. The largest absolute Gasteiger partial charge is 0.380 e. The van der Waals surface area contributed by atoms with Crippen molar-refractivity contribution in [1.82, 2.24) is 5.32 Å². The predicted octanol–water partition coefficient (Wildman–Crippen LogP) is 1.21. The van der Waals surface area contributed by atoms with Gasteiger partial charge < -0.3 is 10.4 Å². The highest BCUT2D eigenvalue weighted by atomic mass is 16.3. The fourth-order valence-corrected chi connectivity index (χ4v) is 2.07. The summed E-state index contributed by atoms with van der Waals surface area (Å²) in [6.07, 6.45) is 5.82. The fourth-order valence-electron chi connectivity index (χ4n) is 2.07. The molecule has 80 valence electrons. The minimum absolute atomic E-state index is 0.142. The first kappa shape index (κ1) is 9.97. The maximum atomic E-state index is 11.5. The van der Waals surface area contributed by atoms with Crippen LogP contribution in [-0.2, 0) is 4.79 Å². The van der Waals surface area contributed by atoms with Gasteiger partial charge in [-0.2, -0.15) is 0 Å². The zero-order chi connectivity index (χ0) is 10.2. The molecular weight excluding hydrogens is 178 g/mol. The summed E-state index contributed by atoms with van der Waals surface area (Å²) in [5.41, 5.74) is -0.997. The van der Waals surface area contributed by atoms with Gasteiger partial charge in [-0.1, -0.05) is 6.92 Å². The molecule has 0 bridgehead atoms. The first-order valence-electron chi connectivity index (χ1n) is 5.63. The van der Waals surface area contributed by atoms with E-state index in [0.717, 1.165) is 18.8 Å². The number of hydrogen-bond donors (Lipinski definition) is 2. The van der Waals surface area contributed by atoms with E-state index in [1.165, 1.54) is 12.8 Å². The van der Waals surface area contributed by atoms with Gasteiger partial charge in [-0.05, 0) is 44.4 Å². The molecule has 2 fully saturated rings. The van der Waals surface area contributed by atoms with Gasteiger partial charge in [-0.15, -0.1) is 0 Å². The zero-order valence-electron chi connectivity index (χ0n) is 8.75. The molecule has 2 saturated carbocycles. The highest BCUT2D eigenvalue weighted by molar-refractivity contribution is 5.87. The molecule has 3 nitrogen and oxygen atoms in total. The summed E-state index contributed by atoms with van der Waals surface area (Å²) < 4.78 is 0. The maximum absolute atomic E-state index is 11.5. The van der Waals surface area contributed by atoms with E-state index in [2.05, 4.69) is 12.2 Å². The molecule has 0 radical (unpaired) electrons. The third-order valence-electron chi connectivity index (χ3n) is 3.50. The van der Waals surface area contributed by atoms with Crippen molar-refractivity contribution in [1.29, 1.82) is 0 Å². The second-order valence-corrected chi connectivity index (χ2v) is 4.96. The number of amides is 1. The predicted molar refractivity (Wildman–Crippen MR) is 53.7 cm³/mol. The molecule has 2 N–H and O–H groups in total. The van der Waals surface area contributed by atoms with Crippen LogP contribution < -0.4 is 5.32 Å². The Balaban J connectivity index is 1.78. The summed E-state index contributed by atoms with van der Waals surface area (Å²) in [6, 6.07) is 0.309. The van der Waals surface area contributed by atoms with E-state index in [1.807, 2.05) is 0 Å². The van der Waals surface area contributed by atoms with E-state index in [-0.39, 0.29) is 5.91 Å². The van der Waals surface area contributed by atoms with Crippen molar-refractivity contribution in [3.63, 3.8) is 0 Å². The molecule has 14 heavy (non-hydrogen) atoms. The summed E-state index contributed by atoms with van der Waals surface area (Å²) >= 11 is 0. The molecule has 0 spiro atoms. The topological polar surface area (TPSA) is 49.3 Å². The third kappa shape index (κ3) is 2.08. The fraction of sp³-hybridized carbons (Fsp3) is 0.909. The van der Waals surface area contributed by atoms with Gasteiger partial charge >= 0.3 is 0 Å². The van der Waals surface area contributed by atoms with E-state index in [0.29, 0.717) is 18.9 Å². The van der Waals surface area contributed by atoms with Gasteiger partial charge in [0.1, 0.15) is 5.60 Å². The minimum Gasteiger partial charge on any atom is -0.380 e. The Hall–Kier alpha value is -0.570. The van der Waals surface area contributed by atoms with E-state index in [9.17, 15) is 9.90 Å². The van der Waals surface area contributed by atoms with E-state index < -0.39 is 5.60 Å². The summed E-state index contributed by atoms with van der Waals surface area (Å²) in [6.45, 7) is 2.26. The van der Waals surface area contributed by atoms with Crippen LogP contribution in [-0.4, -0.2) is 22.7 Å². The van der Waals surface area contributed by atoms with Crippen LogP contribution in [0, 0.1) is 5.92 Å². The molecular formula is C11H19NO2. The molecule has 0 saturated heterocycles. The van der Waals surface area contributed by atoms with Gasteiger partial charge in [0, 0.05) is 6.04 Å². The molecule has 0 atom stereocenters. The Morgan fingerprint density at radius 2 is 1.86 bits per heavy atom. The van der Waals surface area contributed by atoms with Crippen LogP contribution in [0.15, 0.2) is 0 Å². The van der Waals surface area contributed by atoms with E-state index in [4.69, 9.17) is 0 Å². The Bertz CT molecular complexity index is 227. The van der Waals surface area contributed by atoms with Gasteiger partial charge in [-0.3, -0.25) is 4.79 Å². The Morgan fingerprint density at radius 1 is 1.29 bits per heavy atom. The Labute approximate surface area is 84.9 Å². The molecule has 3 heteroatoms. The van der Waals surface area contributed by atoms with E-state index >= 15 is 0 Å². The van der Waals surface area contributed by atoms with Crippen LogP contribution >= 0.6 is 0 Å². The van der Waals surface area contributed by atoms with Crippen molar-refractivity contribution in [2.24, 2.45) is 5.92 Å². The molecule has 0 aromatic heterocycles. The first-order valence-corrected chi connectivity index (χ1v) is 5.63. The second-order valence-electron chi connectivity index (χ2n) is 4.96. The number of aliphatic hydroxyl groups is 1. The van der Waals surface area contributed by atoms with Crippen molar-refractivity contribution in [2.45, 2.75) is 57.1 Å². The minimum atomic E-state index is -0.997. The number of rotatable bonds is 2.